The standard InChI is InChI=1S/C22H21FN4O2/c1-14-7-8-16(9-19(14)23)21(28)26-17-10-20-18(12-25-27(20)13-17)22(29)24-11-15-5-3-2-4-6-15/h2-9,12,17H,10-11,13H2,1H3,(H,24,29)(H,26,28)/t17-/m0/s1. The highest BCUT2D eigenvalue weighted by atomic mass is 19.1. The van der Waals surface area contributed by atoms with Gasteiger partial charge in [-0.2, -0.15) is 5.10 Å². The smallest absolute Gasteiger partial charge is 0.255 e. The van der Waals surface area contributed by atoms with E-state index in [1.165, 1.54) is 6.07 Å². The van der Waals surface area contributed by atoms with Gasteiger partial charge in [-0.25, -0.2) is 4.39 Å². The number of carbonyl (C=O) groups is 2. The summed E-state index contributed by atoms with van der Waals surface area (Å²) in [4.78, 5) is 25.0. The highest BCUT2D eigenvalue weighted by Crippen LogP contribution is 2.20. The van der Waals surface area contributed by atoms with Crippen molar-refractivity contribution in [2.75, 3.05) is 0 Å². The molecule has 1 aliphatic heterocycles. The van der Waals surface area contributed by atoms with E-state index in [0.29, 0.717) is 30.6 Å². The van der Waals surface area contributed by atoms with Crippen LogP contribution in [0.4, 0.5) is 4.39 Å². The Morgan fingerprint density at radius 1 is 1.17 bits per heavy atom. The second-order valence-electron chi connectivity index (χ2n) is 7.19. The van der Waals surface area contributed by atoms with Crippen molar-refractivity contribution in [3.05, 3.63) is 88.5 Å². The number of nitrogens with one attached hydrogen (secondary N) is 2. The summed E-state index contributed by atoms with van der Waals surface area (Å²) in [6.07, 6.45) is 2.05. The maximum atomic E-state index is 13.7. The molecule has 4 rings (SSSR count). The molecule has 2 N–H and O–H groups in total. The van der Waals surface area contributed by atoms with Crippen molar-refractivity contribution in [3.63, 3.8) is 0 Å². The molecule has 1 aromatic heterocycles. The third-order valence-corrected chi connectivity index (χ3v) is 5.09. The molecule has 1 aliphatic rings. The van der Waals surface area contributed by atoms with E-state index in [1.807, 2.05) is 30.3 Å². The maximum Gasteiger partial charge on any atom is 0.255 e. The fraction of sp³-hybridized carbons (Fsp3) is 0.227. The Hall–Kier alpha value is -3.48. The number of hydrogen-bond donors (Lipinski definition) is 2. The lowest BCUT2D eigenvalue weighted by Gasteiger charge is -2.12. The molecule has 0 saturated heterocycles. The van der Waals surface area contributed by atoms with Gasteiger partial charge in [0.1, 0.15) is 5.82 Å². The van der Waals surface area contributed by atoms with Crippen molar-refractivity contribution in [1.82, 2.24) is 20.4 Å². The number of aryl methyl sites for hydroxylation is 1. The van der Waals surface area contributed by atoms with Crippen molar-refractivity contribution < 1.29 is 14.0 Å². The highest BCUT2D eigenvalue weighted by Gasteiger charge is 2.29. The van der Waals surface area contributed by atoms with Gasteiger partial charge in [-0.3, -0.25) is 14.3 Å². The number of carbonyl (C=O) groups excluding carboxylic acids is 2. The Balaban J connectivity index is 1.38. The van der Waals surface area contributed by atoms with Crippen LogP contribution in [0.3, 0.4) is 0 Å². The summed E-state index contributed by atoms with van der Waals surface area (Å²) in [5.74, 6) is -0.938. The van der Waals surface area contributed by atoms with E-state index >= 15 is 0 Å². The number of hydrogen-bond acceptors (Lipinski definition) is 3. The van der Waals surface area contributed by atoms with Crippen LogP contribution in [-0.2, 0) is 19.5 Å². The van der Waals surface area contributed by atoms with Gasteiger partial charge in [-0.15, -0.1) is 0 Å². The molecule has 0 radical (unpaired) electrons. The van der Waals surface area contributed by atoms with Crippen LogP contribution >= 0.6 is 0 Å². The Morgan fingerprint density at radius 3 is 2.72 bits per heavy atom. The molecule has 0 spiro atoms. The maximum absolute atomic E-state index is 13.7. The molecule has 29 heavy (non-hydrogen) atoms. The van der Waals surface area contributed by atoms with Gasteiger partial charge in [0.05, 0.1) is 30.0 Å². The third kappa shape index (κ3) is 4.03. The normalized spacial score (nSPS) is 15.0. The van der Waals surface area contributed by atoms with E-state index in [2.05, 4.69) is 15.7 Å². The van der Waals surface area contributed by atoms with E-state index in [-0.39, 0.29) is 23.4 Å². The largest absolute Gasteiger partial charge is 0.348 e. The summed E-state index contributed by atoms with van der Waals surface area (Å²) < 4.78 is 15.5. The quantitative estimate of drug-likeness (QED) is 0.701. The van der Waals surface area contributed by atoms with Crippen LogP contribution in [0.1, 0.15) is 37.5 Å². The second-order valence-corrected chi connectivity index (χ2v) is 7.19. The summed E-state index contributed by atoms with van der Waals surface area (Å²) in [5, 5.41) is 10.1. The summed E-state index contributed by atoms with van der Waals surface area (Å²) in [6, 6.07) is 13.9. The minimum absolute atomic E-state index is 0.192. The van der Waals surface area contributed by atoms with E-state index in [9.17, 15) is 14.0 Å². The van der Waals surface area contributed by atoms with Gasteiger partial charge in [0.15, 0.2) is 0 Å². The lowest BCUT2D eigenvalue weighted by Crippen LogP contribution is -2.36. The molecule has 3 aromatic rings. The van der Waals surface area contributed by atoms with Crippen LogP contribution in [0, 0.1) is 12.7 Å². The molecule has 0 bridgehead atoms. The zero-order chi connectivity index (χ0) is 20.4. The number of nitrogens with zero attached hydrogens (tertiary/aromatic N) is 2. The summed E-state index contributed by atoms with van der Waals surface area (Å²) in [5.41, 5.74) is 3.09. The molecule has 1 atom stereocenters. The van der Waals surface area contributed by atoms with Crippen LogP contribution in [0.25, 0.3) is 0 Å². The zero-order valence-electron chi connectivity index (χ0n) is 16.0. The lowest BCUT2D eigenvalue weighted by atomic mass is 10.1. The lowest BCUT2D eigenvalue weighted by molar-refractivity contribution is 0.0934. The average molecular weight is 392 g/mol. The van der Waals surface area contributed by atoms with E-state index in [4.69, 9.17) is 0 Å². The molecule has 7 heteroatoms. The molecule has 0 saturated carbocycles. The van der Waals surface area contributed by atoms with Gasteiger partial charge < -0.3 is 10.6 Å². The summed E-state index contributed by atoms with van der Waals surface area (Å²) >= 11 is 0. The molecule has 2 amide bonds. The molecule has 2 aromatic carbocycles. The van der Waals surface area contributed by atoms with E-state index in [1.54, 1.807) is 29.9 Å². The molecule has 6 nitrogen and oxygen atoms in total. The SMILES string of the molecule is Cc1ccc(C(=O)N[C@H]2Cc3c(C(=O)NCc4ccccc4)cnn3C2)cc1F. The van der Waals surface area contributed by atoms with Gasteiger partial charge in [0, 0.05) is 18.5 Å². The average Bonchev–Trinajstić information content (AvgIpc) is 3.29. The minimum atomic E-state index is -0.408. The molecular formula is C22H21FN4O2. The molecular weight excluding hydrogens is 371 g/mol. The predicted molar refractivity (Wildman–Crippen MR) is 106 cm³/mol. The number of fused-ring (bicyclic) bond motifs is 1. The molecule has 0 unspecified atom stereocenters. The first kappa shape index (κ1) is 18.9. The topological polar surface area (TPSA) is 76.0 Å². The Labute approximate surface area is 167 Å². The van der Waals surface area contributed by atoms with Gasteiger partial charge >= 0.3 is 0 Å². The highest BCUT2D eigenvalue weighted by molar-refractivity contribution is 5.96. The van der Waals surface area contributed by atoms with Gasteiger partial charge in [0.25, 0.3) is 11.8 Å². The fourth-order valence-corrected chi connectivity index (χ4v) is 3.45. The number of rotatable bonds is 5. The second kappa shape index (κ2) is 7.87. The van der Waals surface area contributed by atoms with Crippen molar-refractivity contribution in [3.8, 4) is 0 Å². The van der Waals surface area contributed by atoms with Crippen molar-refractivity contribution in [2.45, 2.75) is 32.5 Å². The monoisotopic (exact) mass is 392 g/mol. The number of halogens is 1. The molecule has 148 valence electrons. The van der Waals surface area contributed by atoms with Crippen LogP contribution in [0.5, 0.6) is 0 Å². The summed E-state index contributed by atoms with van der Waals surface area (Å²) in [6.45, 7) is 2.56. The Bertz CT molecular complexity index is 1060. The van der Waals surface area contributed by atoms with Gasteiger partial charge in [0.2, 0.25) is 0 Å². The summed E-state index contributed by atoms with van der Waals surface area (Å²) in [7, 11) is 0. The first-order valence-electron chi connectivity index (χ1n) is 9.45. The first-order chi connectivity index (χ1) is 14.0. The number of aromatic nitrogens is 2. The molecule has 2 heterocycles. The van der Waals surface area contributed by atoms with Gasteiger partial charge in [-0.05, 0) is 30.2 Å². The van der Waals surface area contributed by atoms with Crippen molar-refractivity contribution in [1.29, 1.82) is 0 Å². The van der Waals surface area contributed by atoms with E-state index < -0.39 is 5.82 Å². The predicted octanol–water partition coefficient (Wildman–Crippen LogP) is 2.62. The minimum Gasteiger partial charge on any atom is -0.348 e. The van der Waals surface area contributed by atoms with Crippen LogP contribution < -0.4 is 10.6 Å². The van der Waals surface area contributed by atoms with Crippen LogP contribution in [-0.4, -0.2) is 27.6 Å². The van der Waals surface area contributed by atoms with Crippen molar-refractivity contribution in [2.24, 2.45) is 0 Å². The van der Waals surface area contributed by atoms with Crippen LogP contribution in [0.15, 0.2) is 54.7 Å². The number of benzene rings is 2. The van der Waals surface area contributed by atoms with Crippen LogP contribution in [0.2, 0.25) is 0 Å². The Morgan fingerprint density at radius 2 is 1.97 bits per heavy atom. The first-order valence-corrected chi connectivity index (χ1v) is 9.45. The third-order valence-electron chi connectivity index (χ3n) is 5.09. The van der Waals surface area contributed by atoms with E-state index in [0.717, 1.165) is 11.3 Å². The van der Waals surface area contributed by atoms with Gasteiger partial charge in [-0.1, -0.05) is 36.4 Å². The molecule has 0 aliphatic carbocycles. The fourth-order valence-electron chi connectivity index (χ4n) is 3.45. The number of amides is 2. The van der Waals surface area contributed by atoms with Crippen molar-refractivity contribution >= 4 is 11.8 Å². The zero-order valence-corrected chi connectivity index (χ0v) is 16.0. The molecule has 0 fully saturated rings. The Kier molecular flexibility index (Phi) is 5.12.